The summed E-state index contributed by atoms with van der Waals surface area (Å²) in [6.45, 7) is 5.99. The molecule has 0 spiro atoms. The second-order valence-electron chi connectivity index (χ2n) is 6.99. The molecule has 2 rings (SSSR count). The Kier molecular flexibility index (Phi) is 9.37. The second-order valence-corrected chi connectivity index (χ2v) is 8.82. The summed E-state index contributed by atoms with van der Waals surface area (Å²) in [4.78, 5) is 25.0. The van der Waals surface area contributed by atoms with Crippen LogP contribution in [0.4, 0.5) is 0 Å². The van der Waals surface area contributed by atoms with Crippen molar-refractivity contribution >= 4 is 43.8 Å². The summed E-state index contributed by atoms with van der Waals surface area (Å²) in [6.07, 6.45) is 1.50. The average molecular weight is 526 g/mol. The van der Waals surface area contributed by atoms with Crippen LogP contribution in [0.3, 0.4) is 0 Å². The molecule has 156 valence electrons. The van der Waals surface area contributed by atoms with Crippen molar-refractivity contribution in [3.05, 3.63) is 68.6 Å². The van der Waals surface area contributed by atoms with Gasteiger partial charge in [-0.2, -0.15) is 0 Å². The minimum Gasteiger partial charge on any atom is -0.459 e. The number of ether oxygens (including phenoxy) is 2. The highest BCUT2D eigenvalue weighted by Crippen LogP contribution is 2.24. The van der Waals surface area contributed by atoms with Gasteiger partial charge >= 0.3 is 11.9 Å². The van der Waals surface area contributed by atoms with Crippen LogP contribution in [0.5, 0.6) is 0 Å². The van der Waals surface area contributed by atoms with Gasteiger partial charge in [-0.1, -0.05) is 45.7 Å². The quantitative estimate of drug-likeness (QED) is 0.337. The monoisotopic (exact) mass is 524 g/mol. The Bertz CT molecular complexity index is 799. The molecule has 0 unspecified atom stereocenters. The largest absolute Gasteiger partial charge is 0.459 e. The number of carbonyl (C=O) groups excluding carboxylic acids is 2. The Balaban J connectivity index is 2.04. The Morgan fingerprint density at radius 3 is 1.62 bits per heavy atom. The predicted octanol–water partition coefficient (Wildman–Crippen LogP) is 6.81. The highest BCUT2D eigenvalue weighted by molar-refractivity contribution is 9.10. The molecule has 2 aromatic carbocycles. The van der Waals surface area contributed by atoms with Crippen molar-refractivity contribution in [2.45, 2.75) is 52.2 Å². The van der Waals surface area contributed by atoms with E-state index in [0.29, 0.717) is 17.5 Å². The first kappa shape index (κ1) is 23.6. The molecule has 0 amide bonds. The molecule has 2 aromatic rings. The molecule has 4 nitrogen and oxygen atoms in total. The first-order valence-electron chi connectivity index (χ1n) is 9.77. The van der Waals surface area contributed by atoms with Crippen LogP contribution in [0.1, 0.15) is 60.7 Å². The molecule has 0 aliphatic carbocycles. The van der Waals surface area contributed by atoms with Crippen LogP contribution in [0, 0.1) is 5.92 Å². The van der Waals surface area contributed by atoms with Gasteiger partial charge in [-0.15, -0.1) is 0 Å². The van der Waals surface area contributed by atoms with E-state index in [1.54, 1.807) is 36.4 Å². The summed E-state index contributed by atoms with van der Waals surface area (Å²) in [5, 5.41) is 0. The van der Waals surface area contributed by atoms with Crippen LogP contribution < -0.4 is 0 Å². The van der Waals surface area contributed by atoms with Crippen molar-refractivity contribution in [3.8, 4) is 0 Å². The van der Waals surface area contributed by atoms with Gasteiger partial charge in [0.2, 0.25) is 0 Å². The molecule has 0 radical (unpaired) electrons. The lowest BCUT2D eigenvalue weighted by atomic mass is 9.92. The third-order valence-corrected chi connectivity index (χ3v) is 5.92. The molecule has 6 heteroatoms. The second kappa shape index (κ2) is 11.5. The normalized spacial score (nSPS) is 13.0. The highest BCUT2D eigenvalue weighted by Gasteiger charge is 2.27. The molecule has 0 aliphatic heterocycles. The van der Waals surface area contributed by atoms with Crippen LogP contribution >= 0.6 is 31.9 Å². The van der Waals surface area contributed by atoms with Crippen LogP contribution in [0.2, 0.25) is 0 Å². The summed E-state index contributed by atoms with van der Waals surface area (Å²) in [6, 6.07) is 14.1. The maximum Gasteiger partial charge on any atom is 0.338 e. The first-order chi connectivity index (χ1) is 13.8. The number of esters is 2. The minimum absolute atomic E-state index is 0.197. The maximum atomic E-state index is 12.6. The average Bonchev–Trinajstić information content (AvgIpc) is 2.69. The Morgan fingerprint density at radius 2 is 1.21 bits per heavy atom. The zero-order chi connectivity index (χ0) is 21.4. The summed E-state index contributed by atoms with van der Waals surface area (Å²) in [5.41, 5.74) is 0.995. The van der Waals surface area contributed by atoms with E-state index in [1.807, 2.05) is 19.1 Å². The van der Waals surface area contributed by atoms with Gasteiger partial charge in [-0.05, 0) is 74.2 Å². The van der Waals surface area contributed by atoms with E-state index in [-0.39, 0.29) is 30.1 Å². The fraction of sp³-hybridized carbons (Fsp3) is 0.391. The van der Waals surface area contributed by atoms with Crippen molar-refractivity contribution in [3.63, 3.8) is 0 Å². The molecule has 0 fully saturated rings. The maximum absolute atomic E-state index is 12.6. The van der Waals surface area contributed by atoms with Gasteiger partial charge in [0.25, 0.3) is 0 Å². The summed E-state index contributed by atoms with van der Waals surface area (Å²) in [5.74, 6) is -0.545. The van der Waals surface area contributed by atoms with Crippen LogP contribution in [-0.2, 0) is 9.47 Å². The van der Waals surface area contributed by atoms with Gasteiger partial charge in [-0.3, -0.25) is 0 Å². The van der Waals surface area contributed by atoms with E-state index in [4.69, 9.17) is 9.47 Å². The molecule has 0 saturated carbocycles. The van der Waals surface area contributed by atoms with Crippen LogP contribution in [-0.4, -0.2) is 24.1 Å². The SMILES string of the molecule is CCC(CC)[C@@H](C[C@H](C)OC(=O)c1ccc(Br)cc1)OC(=O)c1ccc(Br)cc1. The number of carbonyl (C=O) groups is 2. The van der Waals surface area contributed by atoms with Crippen molar-refractivity contribution in [1.29, 1.82) is 0 Å². The molecular weight excluding hydrogens is 500 g/mol. The molecule has 0 heterocycles. The van der Waals surface area contributed by atoms with Crippen molar-refractivity contribution in [1.82, 2.24) is 0 Å². The fourth-order valence-corrected chi connectivity index (χ4v) is 3.68. The zero-order valence-electron chi connectivity index (χ0n) is 16.9. The zero-order valence-corrected chi connectivity index (χ0v) is 20.0. The first-order valence-corrected chi connectivity index (χ1v) is 11.4. The van der Waals surface area contributed by atoms with Gasteiger partial charge < -0.3 is 9.47 Å². The summed E-state index contributed by atoms with van der Waals surface area (Å²) in [7, 11) is 0. The topological polar surface area (TPSA) is 52.6 Å². The standard InChI is InChI=1S/C23H26Br2O4/c1-4-16(5-2)21(29-23(27)18-8-12-20(25)13-9-18)14-15(3)28-22(26)17-6-10-19(24)11-7-17/h6-13,15-16,21H,4-5,14H2,1-3H3/t15-,21+/m0/s1. The molecule has 2 atom stereocenters. The van der Waals surface area contributed by atoms with Crippen LogP contribution in [0.15, 0.2) is 57.5 Å². The van der Waals surface area contributed by atoms with Crippen molar-refractivity contribution < 1.29 is 19.1 Å². The lowest BCUT2D eigenvalue weighted by Crippen LogP contribution is -2.31. The lowest BCUT2D eigenvalue weighted by Gasteiger charge is -2.28. The van der Waals surface area contributed by atoms with Gasteiger partial charge in [-0.25, -0.2) is 9.59 Å². The van der Waals surface area contributed by atoms with Gasteiger partial charge in [0, 0.05) is 15.4 Å². The Labute approximate surface area is 189 Å². The number of hydrogen-bond donors (Lipinski definition) is 0. The molecule has 0 aromatic heterocycles. The fourth-order valence-electron chi connectivity index (χ4n) is 3.15. The molecule has 0 aliphatic rings. The summed E-state index contributed by atoms with van der Waals surface area (Å²) >= 11 is 6.72. The third-order valence-electron chi connectivity index (χ3n) is 4.87. The Morgan fingerprint density at radius 1 is 0.793 bits per heavy atom. The van der Waals surface area contributed by atoms with E-state index in [1.165, 1.54) is 0 Å². The smallest absolute Gasteiger partial charge is 0.338 e. The highest BCUT2D eigenvalue weighted by atomic mass is 79.9. The number of benzene rings is 2. The number of halogens is 2. The molecule has 0 bridgehead atoms. The van der Waals surface area contributed by atoms with E-state index >= 15 is 0 Å². The lowest BCUT2D eigenvalue weighted by molar-refractivity contribution is -0.0135. The molecule has 29 heavy (non-hydrogen) atoms. The number of hydrogen-bond acceptors (Lipinski definition) is 4. The number of rotatable bonds is 9. The van der Waals surface area contributed by atoms with E-state index in [0.717, 1.165) is 21.8 Å². The van der Waals surface area contributed by atoms with E-state index < -0.39 is 0 Å². The minimum atomic E-state index is -0.382. The summed E-state index contributed by atoms with van der Waals surface area (Å²) < 4.78 is 13.2. The van der Waals surface area contributed by atoms with Gasteiger partial charge in [0.15, 0.2) is 0 Å². The van der Waals surface area contributed by atoms with Crippen molar-refractivity contribution in [2.75, 3.05) is 0 Å². The molecule has 0 saturated heterocycles. The van der Waals surface area contributed by atoms with E-state index in [9.17, 15) is 9.59 Å². The Hall–Kier alpha value is -1.66. The molecule has 0 N–H and O–H groups in total. The van der Waals surface area contributed by atoms with Gasteiger partial charge in [0.1, 0.15) is 12.2 Å². The predicted molar refractivity (Wildman–Crippen MR) is 121 cm³/mol. The van der Waals surface area contributed by atoms with Gasteiger partial charge in [0.05, 0.1) is 11.1 Å². The van der Waals surface area contributed by atoms with Crippen LogP contribution in [0.25, 0.3) is 0 Å². The van der Waals surface area contributed by atoms with Crippen molar-refractivity contribution in [2.24, 2.45) is 5.92 Å². The molecular formula is C23H26Br2O4. The third kappa shape index (κ3) is 7.27. The van der Waals surface area contributed by atoms with E-state index in [2.05, 4.69) is 45.7 Å².